The fraction of sp³-hybridized carbons (Fsp3) is 0.414. The molecule has 3 amide bonds. The molecule has 2 aliphatic rings. The third-order valence-electron chi connectivity index (χ3n) is 6.90. The van der Waals surface area contributed by atoms with E-state index in [2.05, 4.69) is 10.6 Å². The van der Waals surface area contributed by atoms with Gasteiger partial charge >= 0.3 is 6.09 Å². The summed E-state index contributed by atoms with van der Waals surface area (Å²) in [6.07, 6.45) is 1.80. The van der Waals surface area contributed by atoms with Gasteiger partial charge in [0.25, 0.3) is 5.91 Å². The average Bonchev–Trinajstić information content (AvgIpc) is 3.67. The third-order valence-corrected chi connectivity index (χ3v) is 8.27. The van der Waals surface area contributed by atoms with E-state index in [4.69, 9.17) is 4.74 Å². The molecule has 1 heterocycles. The zero-order valence-corrected chi connectivity index (χ0v) is 22.7. The summed E-state index contributed by atoms with van der Waals surface area (Å²) in [4.78, 5) is 40.9. The summed E-state index contributed by atoms with van der Waals surface area (Å²) in [5.74, 6) is -0.499. The zero-order valence-electron chi connectivity index (χ0n) is 21.9. The number of hydrogen-bond acceptors (Lipinski definition) is 6. The number of carbonyl (C=O) groups excluding carboxylic acids is 3. The lowest BCUT2D eigenvalue weighted by molar-refractivity contribution is -0.147. The van der Waals surface area contributed by atoms with Crippen molar-refractivity contribution < 1.29 is 24.2 Å². The van der Waals surface area contributed by atoms with Gasteiger partial charge in [0.2, 0.25) is 5.91 Å². The molecule has 8 nitrogen and oxygen atoms in total. The van der Waals surface area contributed by atoms with E-state index < -0.39 is 34.9 Å². The molecular formula is C29H35N3O5S. The molecule has 4 rings (SSSR count). The number of aryl methyl sites for hydroxylation is 1. The maximum atomic E-state index is 13.6. The molecule has 202 valence electrons. The van der Waals surface area contributed by atoms with E-state index >= 15 is 0 Å². The van der Waals surface area contributed by atoms with Gasteiger partial charge in [-0.05, 0) is 43.9 Å². The van der Waals surface area contributed by atoms with Crippen molar-refractivity contribution in [1.82, 2.24) is 15.5 Å². The molecule has 3 N–H and O–H groups in total. The second-order valence-electron chi connectivity index (χ2n) is 10.3. The van der Waals surface area contributed by atoms with Gasteiger partial charge in [-0.3, -0.25) is 9.59 Å². The summed E-state index contributed by atoms with van der Waals surface area (Å²) in [5, 5.41) is 16.9. The first kappa shape index (κ1) is 27.7. The number of amides is 3. The Morgan fingerprint density at radius 3 is 2.47 bits per heavy atom. The summed E-state index contributed by atoms with van der Waals surface area (Å²) in [6.45, 7) is 6.37. The Morgan fingerprint density at radius 1 is 1.11 bits per heavy atom. The molecule has 0 bridgehead atoms. The van der Waals surface area contributed by atoms with Crippen molar-refractivity contribution in [3.05, 3.63) is 83.4 Å². The van der Waals surface area contributed by atoms with E-state index in [1.54, 1.807) is 0 Å². The number of aliphatic hydroxyl groups excluding tert-OH is 1. The fourth-order valence-electron chi connectivity index (χ4n) is 4.51. The van der Waals surface area contributed by atoms with Crippen molar-refractivity contribution in [1.29, 1.82) is 0 Å². The highest BCUT2D eigenvalue weighted by atomic mass is 32.2. The van der Waals surface area contributed by atoms with Crippen molar-refractivity contribution >= 4 is 29.7 Å². The first-order valence-electron chi connectivity index (χ1n) is 12.8. The Labute approximate surface area is 227 Å². The number of carbonyl (C=O) groups is 3. The molecule has 38 heavy (non-hydrogen) atoms. The van der Waals surface area contributed by atoms with E-state index in [1.165, 1.54) is 16.7 Å². The smallest absolute Gasteiger partial charge is 0.407 e. The van der Waals surface area contributed by atoms with Gasteiger partial charge in [-0.1, -0.05) is 66.7 Å². The molecule has 1 aliphatic carbocycles. The van der Waals surface area contributed by atoms with Crippen LogP contribution in [0.1, 0.15) is 30.5 Å². The highest BCUT2D eigenvalue weighted by Gasteiger charge is 2.49. The molecule has 1 fully saturated rings. The van der Waals surface area contributed by atoms with Crippen LogP contribution in [0.25, 0.3) is 0 Å². The fourth-order valence-corrected chi connectivity index (χ4v) is 5.65. The van der Waals surface area contributed by atoms with Crippen LogP contribution >= 0.6 is 11.8 Å². The minimum Gasteiger partial charge on any atom is -0.449 e. The van der Waals surface area contributed by atoms with Crippen molar-refractivity contribution in [3.63, 3.8) is 0 Å². The lowest BCUT2D eigenvalue weighted by Gasteiger charge is -2.33. The normalized spacial score (nSPS) is 19.5. The number of benzene rings is 2. The van der Waals surface area contributed by atoms with Crippen molar-refractivity contribution in [2.45, 2.75) is 56.7 Å². The topological polar surface area (TPSA) is 108 Å². The predicted octanol–water partition coefficient (Wildman–Crippen LogP) is 3.18. The van der Waals surface area contributed by atoms with Gasteiger partial charge in [-0.2, -0.15) is 0 Å². The van der Waals surface area contributed by atoms with Crippen molar-refractivity contribution in [2.24, 2.45) is 5.92 Å². The van der Waals surface area contributed by atoms with Crippen LogP contribution in [0.2, 0.25) is 0 Å². The molecule has 1 unspecified atom stereocenters. The lowest BCUT2D eigenvalue weighted by Crippen LogP contribution is -2.58. The molecule has 0 radical (unpaired) electrons. The number of nitrogens with one attached hydrogen (secondary N) is 2. The summed E-state index contributed by atoms with van der Waals surface area (Å²) in [6, 6.07) is 15.4. The number of alkyl carbamates (subject to hydrolysis) is 1. The van der Waals surface area contributed by atoms with Gasteiger partial charge in [-0.25, -0.2) is 4.79 Å². The third kappa shape index (κ3) is 6.96. The van der Waals surface area contributed by atoms with Gasteiger partial charge in [0.15, 0.2) is 6.10 Å². The van der Waals surface area contributed by atoms with Gasteiger partial charge in [0.05, 0.1) is 11.9 Å². The van der Waals surface area contributed by atoms with Gasteiger partial charge in [0, 0.05) is 17.2 Å². The summed E-state index contributed by atoms with van der Waals surface area (Å²) in [7, 11) is 0. The maximum Gasteiger partial charge on any atom is 0.407 e. The Balaban J connectivity index is 1.47. The Hall–Kier alpha value is -3.30. The van der Waals surface area contributed by atoms with E-state index in [9.17, 15) is 19.5 Å². The van der Waals surface area contributed by atoms with Crippen molar-refractivity contribution in [2.75, 3.05) is 12.5 Å². The SMILES string of the molecule is Cc1ccccc1CNC(=O)C1N(C(=O)[C@@H](O)[C@H](Cc2ccccc2)NC(=O)OCC2C=C2)CSC1(C)C. The Kier molecular flexibility index (Phi) is 8.79. The molecule has 1 aliphatic heterocycles. The molecule has 2 aromatic rings. The molecule has 3 atom stereocenters. The molecule has 1 saturated heterocycles. The average molecular weight is 538 g/mol. The van der Waals surface area contributed by atoms with Crippen LogP contribution in [0.4, 0.5) is 4.79 Å². The lowest BCUT2D eigenvalue weighted by atomic mass is 9.97. The van der Waals surface area contributed by atoms with E-state index in [1.807, 2.05) is 87.5 Å². The molecule has 9 heteroatoms. The van der Waals surface area contributed by atoms with Crippen LogP contribution in [-0.4, -0.2) is 63.3 Å². The molecule has 0 spiro atoms. The highest BCUT2D eigenvalue weighted by Crippen LogP contribution is 2.40. The monoisotopic (exact) mass is 537 g/mol. The van der Waals surface area contributed by atoms with Crippen LogP contribution in [-0.2, 0) is 27.3 Å². The van der Waals surface area contributed by atoms with Crippen molar-refractivity contribution in [3.8, 4) is 0 Å². The molecular weight excluding hydrogens is 502 g/mol. The Bertz CT molecular complexity index is 1180. The largest absolute Gasteiger partial charge is 0.449 e. The summed E-state index contributed by atoms with van der Waals surface area (Å²) >= 11 is 1.48. The van der Waals surface area contributed by atoms with E-state index in [-0.39, 0.29) is 30.7 Å². The second-order valence-corrected chi connectivity index (χ2v) is 11.9. The summed E-state index contributed by atoms with van der Waals surface area (Å²) < 4.78 is 4.68. The van der Waals surface area contributed by atoms with Gasteiger partial charge in [-0.15, -0.1) is 11.8 Å². The predicted molar refractivity (Wildman–Crippen MR) is 147 cm³/mol. The minimum absolute atomic E-state index is 0.141. The first-order chi connectivity index (χ1) is 18.2. The number of aliphatic hydroxyl groups is 1. The van der Waals surface area contributed by atoms with Crippen LogP contribution in [0.5, 0.6) is 0 Å². The first-order valence-corrected chi connectivity index (χ1v) is 13.7. The number of nitrogens with zero attached hydrogens (tertiary/aromatic N) is 1. The van der Waals surface area contributed by atoms with E-state index in [0.717, 1.165) is 16.7 Å². The van der Waals surface area contributed by atoms with Crippen LogP contribution in [0.15, 0.2) is 66.7 Å². The van der Waals surface area contributed by atoms with Gasteiger partial charge < -0.3 is 25.4 Å². The van der Waals surface area contributed by atoms with Crippen LogP contribution in [0, 0.1) is 12.8 Å². The number of thioether (sulfide) groups is 1. The molecule has 2 aromatic carbocycles. The number of hydrogen-bond donors (Lipinski definition) is 3. The standard InChI is InChI=1S/C29H35N3O5S/c1-19-9-7-8-12-22(19)16-30-26(34)25-29(2,3)38-18-32(25)27(35)24(33)23(15-20-10-5-4-6-11-20)31-28(36)37-17-21-13-14-21/h4-14,21,23-25,33H,15-18H2,1-3H3,(H,30,34)(H,31,36)/t23-,24-,25?/m0/s1. The van der Waals surface area contributed by atoms with Gasteiger partial charge in [0.1, 0.15) is 12.6 Å². The molecule has 0 aromatic heterocycles. The second kappa shape index (κ2) is 12.0. The number of ether oxygens (including phenoxy) is 1. The van der Waals surface area contributed by atoms with E-state index in [0.29, 0.717) is 6.54 Å². The van der Waals surface area contributed by atoms with Crippen LogP contribution < -0.4 is 10.6 Å². The zero-order chi connectivity index (χ0) is 27.3. The quantitative estimate of drug-likeness (QED) is 0.402. The highest BCUT2D eigenvalue weighted by molar-refractivity contribution is 8.00. The molecule has 0 saturated carbocycles. The van der Waals surface area contributed by atoms with Crippen LogP contribution in [0.3, 0.4) is 0 Å². The summed E-state index contributed by atoms with van der Waals surface area (Å²) in [5.41, 5.74) is 2.90. The number of rotatable bonds is 10. The Morgan fingerprint density at radius 2 is 1.79 bits per heavy atom. The maximum absolute atomic E-state index is 13.6. The minimum atomic E-state index is -1.57.